The molecule has 148 valence electrons. The molecule has 7 heteroatoms. The number of rotatable bonds is 5. The third-order valence-electron chi connectivity index (χ3n) is 5.90. The van der Waals surface area contributed by atoms with E-state index in [2.05, 4.69) is 20.2 Å². The maximum Gasteiger partial charge on any atom is 0.337 e. The smallest absolute Gasteiger partial charge is 0.337 e. The number of methoxy groups -OCH3 is 1. The van der Waals surface area contributed by atoms with E-state index in [0.29, 0.717) is 23.2 Å². The molecule has 1 aliphatic heterocycles. The number of esters is 1. The van der Waals surface area contributed by atoms with Crippen molar-refractivity contribution in [2.45, 2.75) is 31.5 Å². The molecule has 2 fully saturated rings. The third-order valence-corrected chi connectivity index (χ3v) is 5.90. The fourth-order valence-electron chi connectivity index (χ4n) is 4.50. The van der Waals surface area contributed by atoms with Crippen molar-refractivity contribution in [2.24, 2.45) is 11.8 Å². The van der Waals surface area contributed by atoms with Gasteiger partial charge in [-0.15, -0.1) is 0 Å². The van der Waals surface area contributed by atoms with E-state index in [1.165, 1.54) is 12.7 Å². The van der Waals surface area contributed by atoms with Crippen molar-refractivity contribution in [1.82, 2.24) is 14.9 Å². The van der Waals surface area contributed by atoms with Crippen molar-refractivity contribution < 1.29 is 14.6 Å². The summed E-state index contributed by atoms with van der Waals surface area (Å²) in [7, 11) is 1.39. The summed E-state index contributed by atoms with van der Waals surface area (Å²) in [4.78, 5) is 22.3. The molecule has 1 saturated heterocycles. The summed E-state index contributed by atoms with van der Waals surface area (Å²) in [5.41, 5.74) is 1.75. The predicted octanol–water partition coefficient (Wildman–Crippen LogP) is 1.95. The molecule has 4 atom stereocenters. The first-order valence-corrected chi connectivity index (χ1v) is 9.72. The Morgan fingerprint density at radius 2 is 1.96 bits per heavy atom. The zero-order valence-corrected chi connectivity index (χ0v) is 16.0. The number of hydrogen-bond acceptors (Lipinski definition) is 7. The van der Waals surface area contributed by atoms with Gasteiger partial charge in [0.05, 0.1) is 31.0 Å². The lowest BCUT2D eigenvalue weighted by atomic mass is 9.77. The SMILES string of the molecule is COC(=O)c1ccc(CN2C[C@H]3C[C@@H](Nc4cnccn4)[C@H](O)C[C@H]3C2)cc1. The molecule has 0 bridgehead atoms. The van der Waals surface area contributed by atoms with E-state index in [0.717, 1.165) is 32.5 Å². The van der Waals surface area contributed by atoms with Crippen molar-refractivity contribution in [2.75, 3.05) is 25.5 Å². The van der Waals surface area contributed by atoms with Crippen LogP contribution >= 0.6 is 0 Å². The monoisotopic (exact) mass is 382 g/mol. The van der Waals surface area contributed by atoms with Gasteiger partial charge >= 0.3 is 5.97 Å². The van der Waals surface area contributed by atoms with Crippen molar-refractivity contribution in [3.63, 3.8) is 0 Å². The molecule has 1 aromatic carbocycles. The zero-order valence-electron chi connectivity index (χ0n) is 16.0. The topological polar surface area (TPSA) is 87.6 Å². The summed E-state index contributed by atoms with van der Waals surface area (Å²) in [6, 6.07) is 7.62. The Kier molecular flexibility index (Phi) is 5.54. The molecule has 2 N–H and O–H groups in total. The number of aromatic nitrogens is 2. The van der Waals surface area contributed by atoms with Crippen LogP contribution in [0.2, 0.25) is 0 Å². The van der Waals surface area contributed by atoms with Crippen molar-refractivity contribution in [1.29, 1.82) is 0 Å². The van der Waals surface area contributed by atoms with Crippen LogP contribution in [0.4, 0.5) is 5.82 Å². The van der Waals surface area contributed by atoms with Gasteiger partial charge in [-0.1, -0.05) is 12.1 Å². The van der Waals surface area contributed by atoms with Gasteiger partial charge in [0.1, 0.15) is 5.82 Å². The number of aliphatic hydroxyl groups excluding tert-OH is 1. The molecule has 0 unspecified atom stereocenters. The van der Waals surface area contributed by atoms with Crippen LogP contribution in [-0.4, -0.2) is 58.3 Å². The average Bonchev–Trinajstić information content (AvgIpc) is 3.10. The van der Waals surface area contributed by atoms with Gasteiger partial charge in [0.15, 0.2) is 0 Å². The minimum absolute atomic E-state index is 0.0113. The van der Waals surface area contributed by atoms with Crippen LogP contribution in [0.5, 0.6) is 0 Å². The molecule has 2 aliphatic rings. The first kappa shape index (κ1) is 18.8. The Hall–Kier alpha value is -2.51. The molecular weight excluding hydrogens is 356 g/mol. The van der Waals surface area contributed by atoms with Gasteiger partial charge in [-0.25, -0.2) is 9.78 Å². The minimum Gasteiger partial charge on any atom is -0.465 e. The maximum absolute atomic E-state index is 11.6. The Bertz CT molecular complexity index is 799. The van der Waals surface area contributed by atoms with Gasteiger partial charge in [-0.2, -0.15) is 0 Å². The summed E-state index contributed by atoms with van der Waals surface area (Å²) in [6.45, 7) is 2.87. The van der Waals surface area contributed by atoms with Crippen LogP contribution in [0.25, 0.3) is 0 Å². The predicted molar refractivity (Wildman–Crippen MR) is 105 cm³/mol. The standard InChI is InChI=1S/C21H26N4O3/c1-28-21(27)15-4-2-14(3-5-15)11-25-12-16-8-18(19(26)9-17(16)13-25)24-20-10-22-6-7-23-20/h2-7,10,16-19,26H,8-9,11-13H2,1H3,(H,23,24)/t16-,17+,18-,19-/m1/s1. The Morgan fingerprint density at radius 1 is 1.21 bits per heavy atom. The van der Waals surface area contributed by atoms with Crippen molar-refractivity contribution >= 4 is 11.8 Å². The number of likely N-dealkylation sites (tertiary alicyclic amines) is 1. The van der Waals surface area contributed by atoms with Crippen molar-refractivity contribution in [3.8, 4) is 0 Å². The van der Waals surface area contributed by atoms with Gasteiger partial charge in [-0.05, 0) is 42.4 Å². The minimum atomic E-state index is -0.373. The fourth-order valence-corrected chi connectivity index (χ4v) is 4.50. The van der Waals surface area contributed by atoms with Crippen LogP contribution in [-0.2, 0) is 11.3 Å². The number of hydrogen-bond donors (Lipinski definition) is 2. The molecular formula is C21H26N4O3. The fraction of sp³-hybridized carbons (Fsp3) is 0.476. The number of carbonyl (C=O) groups excluding carboxylic acids is 1. The third kappa shape index (κ3) is 4.15. The molecule has 28 heavy (non-hydrogen) atoms. The maximum atomic E-state index is 11.6. The number of nitrogens with one attached hydrogen (secondary N) is 1. The highest BCUT2D eigenvalue weighted by molar-refractivity contribution is 5.89. The Balaban J connectivity index is 1.35. The van der Waals surface area contributed by atoms with E-state index >= 15 is 0 Å². The number of nitrogens with zero attached hydrogens (tertiary/aromatic N) is 3. The Morgan fingerprint density at radius 3 is 2.64 bits per heavy atom. The first-order valence-electron chi connectivity index (χ1n) is 9.72. The Labute approximate surface area is 164 Å². The summed E-state index contributed by atoms with van der Waals surface area (Å²) in [5, 5.41) is 13.9. The molecule has 1 saturated carbocycles. The molecule has 0 radical (unpaired) electrons. The molecule has 1 aliphatic carbocycles. The quantitative estimate of drug-likeness (QED) is 0.764. The molecule has 7 nitrogen and oxygen atoms in total. The van der Waals surface area contributed by atoms with Gasteiger partial charge < -0.3 is 15.2 Å². The van der Waals surface area contributed by atoms with E-state index in [9.17, 15) is 9.90 Å². The van der Waals surface area contributed by atoms with Crippen molar-refractivity contribution in [3.05, 3.63) is 54.0 Å². The molecule has 0 amide bonds. The highest BCUT2D eigenvalue weighted by Gasteiger charge is 2.41. The van der Waals surface area contributed by atoms with Crippen LogP contribution < -0.4 is 5.32 Å². The number of anilines is 1. The normalized spacial score (nSPS) is 27.2. The lowest BCUT2D eigenvalue weighted by Gasteiger charge is -2.35. The molecule has 0 spiro atoms. The highest BCUT2D eigenvalue weighted by atomic mass is 16.5. The van der Waals surface area contributed by atoms with E-state index in [1.807, 2.05) is 24.3 Å². The largest absolute Gasteiger partial charge is 0.465 e. The van der Waals surface area contributed by atoms with E-state index in [-0.39, 0.29) is 18.1 Å². The second-order valence-corrected chi connectivity index (χ2v) is 7.78. The first-order chi connectivity index (χ1) is 13.6. The highest BCUT2D eigenvalue weighted by Crippen LogP contribution is 2.37. The van der Waals surface area contributed by atoms with Crippen LogP contribution in [0, 0.1) is 11.8 Å². The lowest BCUT2D eigenvalue weighted by molar-refractivity contribution is 0.0600. The van der Waals surface area contributed by atoms with Crippen LogP contribution in [0.1, 0.15) is 28.8 Å². The molecule has 4 rings (SSSR count). The lowest BCUT2D eigenvalue weighted by Crippen LogP contribution is -2.43. The molecule has 1 aromatic heterocycles. The van der Waals surface area contributed by atoms with Gasteiger partial charge in [0.2, 0.25) is 0 Å². The summed E-state index contributed by atoms with van der Waals surface area (Å²) < 4.78 is 4.75. The molecule has 2 aromatic rings. The van der Waals surface area contributed by atoms with Gasteiger partial charge in [-0.3, -0.25) is 9.88 Å². The average molecular weight is 382 g/mol. The van der Waals surface area contributed by atoms with Crippen LogP contribution in [0.15, 0.2) is 42.9 Å². The summed E-state index contributed by atoms with van der Waals surface area (Å²) in [5.74, 6) is 1.48. The number of aliphatic hydroxyl groups is 1. The second-order valence-electron chi connectivity index (χ2n) is 7.78. The number of benzene rings is 1. The zero-order chi connectivity index (χ0) is 19.5. The van der Waals surface area contributed by atoms with Crippen LogP contribution in [0.3, 0.4) is 0 Å². The second kappa shape index (κ2) is 8.24. The van der Waals surface area contributed by atoms with E-state index < -0.39 is 0 Å². The number of carbonyl (C=O) groups is 1. The number of ether oxygens (including phenoxy) is 1. The van der Waals surface area contributed by atoms with Gasteiger partial charge in [0, 0.05) is 32.0 Å². The number of fused-ring (bicyclic) bond motifs is 1. The van der Waals surface area contributed by atoms with E-state index in [4.69, 9.17) is 4.74 Å². The molecule has 2 heterocycles. The van der Waals surface area contributed by atoms with Gasteiger partial charge in [0.25, 0.3) is 0 Å². The van der Waals surface area contributed by atoms with E-state index in [1.54, 1.807) is 18.6 Å². The summed E-state index contributed by atoms with van der Waals surface area (Å²) >= 11 is 0. The summed E-state index contributed by atoms with van der Waals surface area (Å²) in [6.07, 6.45) is 6.36.